The van der Waals surface area contributed by atoms with Gasteiger partial charge in [-0.05, 0) is 53.3 Å². The van der Waals surface area contributed by atoms with Crippen molar-refractivity contribution in [3.05, 3.63) is 65.0 Å². The maximum Gasteiger partial charge on any atom is 0.258 e. The molecule has 0 fully saturated rings. The molecule has 1 unspecified atom stereocenters. The topological polar surface area (TPSA) is 67.9 Å². The second-order valence-corrected chi connectivity index (χ2v) is 8.38. The van der Waals surface area contributed by atoms with Crippen molar-refractivity contribution in [1.82, 2.24) is 10.2 Å². The lowest BCUT2D eigenvalue weighted by Crippen LogP contribution is -2.41. The number of amides is 2. The van der Waals surface area contributed by atoms with Crippen molar-refractivity contribution in [2.75, 3.05) is 33.4 Å². The van der Waals surface area contributed by atoms with E-state index < -0.39 is 0 Å². The molecule has 2 aromatic carbocycles. The normalized spacial score (nSPS) is 15.4. The first-order chi connectivity index (χ1) is 15.4. The molecule has 6 nitrogen and oxygen atoms in total. The number of ether oxygens (including phenoxy) is 2. The third kappa shape index (κ3) is 6.07. The van der Waals surface area contributed by atoms with Gasteiger partial charge >= 0.3 is 0 Å². The Hall–Kier alpha value is -2.93. The Morgan fingerprint density at radius 1 is 1.19 bits per heavy atom. The van der Waals surface area contributed by atoms with Gasteiger partial charge in [0.25, 0.3) is 5.91 Å². The van der Waals surface area contributed by atoms with Crippen LogP contribution < -0.4 is 10.1 Å². The minimum atomic E-state index is -0.329. The largest absolute Gasteiger partial charge is 0.484 e. The third-order valence-electron chi connectivity index (χ3n) is 5.43. The summed E-state index contributed by atoms with van der Waals surface area (Å²) in [6, 6.07) is 11.7. The summed E-state index contributed by atoms with van der Waals surface area (Å²) >= 11 is 0. The quantitative estimate of drug-likeness (QED) is 0.604. The van der Waals surface area contributed by atoms with Crippen LogP contribution in [-0.4, -0.2) is 50.1 Å². The van der Waals surface area contributed by atoms with Crippen LogP contribution in [-0.2, 0) is 20.7 Å². The van der Waals surface area contributed by atoms with Gasteiger partial charge in [-0.15, -0.1) is 0 Å². The minimum Gasteiger partial charge on any atom is -0.484 e. The summed E-state index contributed by atoms with van der Waals surface area (Å²) in [4.78, 5) is 26.9. The minimum absolute atomic E-state index is 0.0730. The number of nitrogens with zero attached hydrogens (tertiary/aromatic N) is 1. The Labute approximate surface area is 188 Å². The summed E-state index contributed by atoms with van der Waals surface area (Å²) in [5.41, 5.74) is 2.90. The van der Waals surface area contributed by atoms with E-state index in [4.69, 9.17) is 9.47 Å². The number of carbonyl (C=O) groups excluding carboxylic acids is 2. The van der Waals surface area contributed by atoms with E-state index in [-0.39, 0.29) is 36.2 Å². The van der Waals surface area contributed by atoms with Gasteiger partial charge in [-0.1, -0.05) is 32.0 Å². The van der Waals surface area contributed by atoms with Crippen LogP contribution in [0, 0.1) is 11.7 Å². The Morgan fingerprint density at radius 2 is 1.94 bits per heavy atom. The molecule has 3 rings (SSSR count). The highest BCUT2D eigenvalue weighted by atomic mass is 19.1. The molecule has 0 aliphatic carbocycles. The molecule has 172 valence electrons. The van der Waals surface area contributed by atoms with Crippen molar-refractivity contribution in [2.24, 2.45) is 5.92 Å². The first-order valence-electron chi connectivity index (χ1n) is 10.9. The van der Waals surface area contributed by atoms with E-state index in [1.54, 1.807) is 19.2 Å². The van der Waals surface area contributed by atoms with Crippen LogP contribution in [0.3, 0.4) is 0 Å². The van der Waals surface area contributed by atoms with Crippen LogP contribution >= 0.6 is 0 Å². The molecule has 0 bridgehead atoms. The van der Waals surface area contributed by atoms with E-state index in [0.717, 1.165) is 23.1 Å². The zero-order valence-corrected chi connectivity index (χ0v) is 18.9. The summed E-state index contributed by atoms with van der Waals surface area (Å²) < 4.78 is 24.2. The van der Waals surface area contributed by atoms with E-state index in [0.29, 0.717) is 31.9 Å². The van der Waals surface area contributed by atoms with Crippen molar-refractivity contribution in [2.45, 2.75) is 32.7 Å². The number of hydrogen-bond acceptors (Lipinski definition) is 4. The second kappa shape index (κ2) is 11.1. The molecule has 1 aliphatic heterocycles. The summed E-state index contributed by atoms with van der Waals surface area (Å²) in [6.07, 6.45) is 1.18. The van der Waals surface area contributed by atoms with Gasteiger partial charge in [-0.3, -0.25) is 9.59 Å². The number of benzene rings is 2. The van der Waals surface area contributed by atoms with Gasteiger partial charge in [0.1, 0.15) is 11.6 Å². The Kier molecular flexibility index (Phi) is 8.22. The highest BCUT2D eigenvalue weighted by Crippen LogP contribution is 2.37. The molecule has 0 radical (unpaired) electrons. The van der Waals surface area contributed by atoms with E-state index in [1.807, 2.05) is 36.9 Å². The van der Waals surface area contributed by atoms with Gasteiger partial charge in [0, 0.05) is 26.6 Å². The number of carbonyl (C=O) groups is 2. The van der Waals surface area contributed by atoms with Crippen LogP contribution in [0.2, 0.25) is 0 Å². The van der Waals surface area contributed by atoms with Gasteiger partial charge in [0.15, 0.2) is 6.61 Å². The molecule has 32 heavy (non-hydrogen) atoms. The number of methoxy groups -OCH3 is 1. The monoisotopic (exact) mass is 442 g/mol. The highest BCUT2D eigenvalue weighted by Gasteiger charge is 2.32. The molecule has 2 aromatic rings. The van der Waals surface area contributed by atoms with Gasteiger partial charge in [0.2, 0.25) is 5.91 Å². The lowest BCUT2D eigenvalue weighted by atomic mass is 9.87. The van der Waals surface area contributed by atoms with Crippen molar-refractivity contribution >= 4 is 11.8 Å². The van der Waals surface area contributed by atoms with E-state index in [9.17, 15) is 14.0 Å². The molecule has 0 aromatic heterocycles. The molecular weight excluding hydrogens is 411 g/mol. The summed E-state index contributed by atoms with van der Waals surface area (Å²) in [5, 5.41) is 2.72. The third-order valence-corrected chi connectivity index (χ3v) is 5.43. The van der Waals surface area contributed by atoms with E-state index >= 15 is 0 Å². The van der Waals surface area contributed by atoms with Crippen LogP contribution in [0.1, 0.15) is 43.0 Å². The molecule has 1 N–H and O–H groups in total. The van der Waals surface area contributed by atoms with Crippen LogP contribution in [0.15, 0.2) is 42.5 Å². The molecule has 0 saturated carbocycles. The van der Waals surface area contributed by atoms with Crippen LogP contribution in [0.4, 0.5) is 4.39 Å². The predicted octanol–water partition coefficient (Wildman–Crippen LogP) is 3.49. The lowest BCUT2D eigenvalue weighted by Gasteiger charge is -2.38. The smallest absolute Gasteiger partial charge is 0.258 e. The molecule has 7 heteroatoms. The standard InChI is InChI=1S/C25H31FN2O4/c1-17(2)14-24(30)28-12-10-18-6-9-21(32-16-23(29)27-11-13-31-3)15-22(18)25(28)19-4-7-20(26)8-5-19/h4-9,15,17,25H,10-14,16H2,1-3H3,(H,27,29). The first kappa shape index (κ1) is 23.7. The average Bonchev–Trinajstić information content (AvgIpc) is 2.77. The predicted molar refractivity (Wildman–Crippen MR) is 120 cm³/mol. The number of hydrogen-bond donors (Lipinski definition) is 1. The van der Waals surface area contributed by atoms with E-state index in [2.05, 4.69) is 5.32 Å². The summed E-state index contributed by atoms with van der Waals surface area (Å²) in [7, 11) is 1.57. The van der Waals surface area contributed by atoms with E-state index in [1.165, 1.54) is 12.1 Å². The summed E-state index contributed by atoms with van der Waals surface area (Å²) in [6.45, 7) is 5.38. The molecule has 1 heterocycles. The zero-order chi connectivity index (χ0) is 23.1. The van der Waals surface area contributed by atoms with Gasteiger partial charge < -0.3 is 19.7 Å². The van der Waals surface area contributed by atoms with Crippen molar-refractivity contribution in [3.63, 3.8) is 0 Å². The SMILES string of the molecule is COCCNC(=O)COc1ccc2c(c1)C(c1ccc(F)cc1)N(C(=O)CC(C)C)CC2. The number of rotatable bonds is 9. The van der Waals surface area contributed by atoms with Gasteiger partial charge in [-0.2, -0.15) is 0 Å². The van der Waals surface area contributed by atoms with Crippen molar-refractivity contribution in [1.29, 1.82) is 0 Å². The molecule has 1 atom stereocenters. The maximum atomic E-state index is 13.6. The van der Waals surface area contributed by atoms with Crippen molar-refractivity contribution < 1.29 is 23.5 Å². The lowest BCUT2D eigenvalue weighted by molar-refractivity contribution is -0.134. The maximum absolute atomic E-state index is 13.6. The Morgan fingerprint density at radius 3 is 2.62 bits per heavy atom. The average molecular weight is 443 g/mol. The van der Waals surface area contributed by atoms with Crippen LogP contribution in [0.5, 0.6) is 5.75 Å². The summed E-state index contributed by atoms with van der Waals surface area (Å²) in [5.74, 6) is 0.314. The zero-order valence-electron chi connectivity index (χ0n) is 18.9. The molecule has 0 saturated heterocycles. The van der Waals surface area contributed by atoms with Crippen LogP contribution in [0.25, 0.3) is 0 Å². The number of fused-ring (bicyclic) bond motifs is 1. The fraction of sp³-hybridized carbons (Fsp3) is 0.440. The highest BCUT2D eigenvalue weighted by molar-refractivity contribution is 5.78. The molecule has 2 amide bonds. The fourth-order valence-corrected chi connectivity index (χ4v) is 3.92. The van der Waals surface area contributed by atoms with Gasteiger partial charge in [-0.25, -0.2) is 4.39 Å². The Bertz CT molecular complexity index is 930. The second-order valence-electron chi connectivity index (χ2n) is 8.38. The number of nitrogens with one attached hydrogen (secondary N) is 1. The Balaban J connectivity index is 1.86. The number of halogens is 1. The molecule has 0 spiro atoms. The fourth-order valence-electron chi connectivity index (χ4n) is 3.92. The molecular formula is C25H31FN2O4. The molecule has 1 aliphatic rings. The van der Waals surface area contributed by atoms with Crippen molar-refractivity contribution in [3.8, 4) is 5.75 Å². The van der Waals surface area contributed by atoms with Gasteiger partial charge in [0.05, 0.1) is 12.6 Å². The first-order valence-corrected chi connectivity index (χ1v) is 10.9.